The number of carbonyl (C=O) groups is 1. The summed E-state index contributed by atoms with van der Waals surface area (Å²) in [5.41, 5.74) is 6.37. The van der Waals surface area contributed by atoms with E-state index in [1.54, 1.807) is 14.2 Å². The van der Waals surface area contributed by atoms with Crippen molar-refractivity contribution in [1.29, 1.82) is 0 Å². The molecule has 18 heavy (non-hydrogen) atoms. The van der Waals surface area contributed by atoms with Crippen molar-refractivity contribution in [2.75, 3.05) is 27.3 Å². The van der Waals surface area contributed by atoms with Gasteiger partial charge in [0.05, 0.1) is 14.2 Å². The van der Waals surface area contributed by atoms with Gasteiger partial charge in [-0.25, -0.2) is 0 Å². The van der Waals surface area contributed by atoms with Crippen molar-refractivity contribution in [3.63, 3.8) is 0 Å². The van der Waals surface area contributed by atoms with Crippen molar-refractivity contribution in [3.05, 3.63) is 23.8 Å². The largest absolute Gasteiger partial charge is 0.493 e. The topological polar surface area (TPSA) is 73.6 Å². The average Bonchev–Trinajstić information content (AvgIpc) is 2.38. The average molecular weight is 252 g/mol. The Hall–Kier alpha value is -1.75. The van der Waals surface area contributed by atoms with Crippen LogP contribution in [0.5, 0.6) is 11.5 Å². The molecule has 0 saturated heterocycles. The van der Waals surface area contributed by atoms with Gasteiger partial charge in [-0.3, -0.25) is 4.79 Å². The van der Waals surface area contributed by atoms with E-state index in [2.05, 4.69) is 5.32 Å². The number of carbonyl (C=O) groups excluding carboxylic acids is 1. The van der Waals surface area contributed by atoms with Crippen LogP contribution < -0.4 is 20.5 Å². The van der Waals surface area contributed by atoms with Crippen molar-refractivity contribution in [2.24, 2.45) is 5.73 Å². The lowest BCUT2D eigenvalue weighted by Crippen LogP contribution is -2.27. The number of rotatable bonds is 7. The number of amides is 1. The highest BCUT2D eigenvalue weighted by Crippen LogP contribution is 2.27. The minimum absolute atomic E-state index is 0.0158. The zero-order valence-electron chi connectivity index (χ0n) is 10.9. The van der Waals surface area contributed by atoms with Crippen LogP contribution in [0.25, 0.3) is 0 Å². The van der Waals surface area contributed by atoms with Crippen molar-refractivity contribution >= 4 is 5.91 Å². The molecule has 5 nitrogen and oxygen atoms in total. The van der Waals surface area contributed by atoms with Crippen molar-refractivity contribution in [3.8, 4) is 11.5 Å². The molecule has 0 spiro atoms. The Kier molecular flexibility index (Phi) is 6.00. The summed E-state index contributed by atoms with van der Waals surface area (Å²) >= 11 is 0. The Morgan fingerprint density at radius 2 is 2.00 bits per heavy atom. The smallest absolute Gasteiger partial charge is 0.221 e. The van der Waals surface area contributed by atoms with Gasteiger partial charge in [-0.15, -0.1) is 0 Å². The first-order chi connectivity index (χ1) is 8.71. The van der Waals surface area contributed by atoms with Gasteiger partial charge in [0.25, 0.3) is 0 Å². The van der Waals surface area contributed by atoms with E-state index in [0.29, 0.717) is 31.0 Å². The molecule has 0 aliphatic carbocycles. The van der Waals surface area contributed by atoms with Gasteiger partial charge >= 0.3 is 0 Å². The van der Waals surface area contributed by atoms with E-state index in [0.717, 1.165) is 12.0 Å². The molecule has 0 fully saturated rings. The summed E-state index contributed by atoms with van der Waals surface area (Å²) in [6.07, 6.45) is 1.11. The summed E-state index contributed by atoms with van der Waals surface area (Å²) in [5.74, 6) is 1.38. The monoisotopic (exact) mass is 252 g/mol. The van der Waals surface area contributed by atoms with Crippen LogP contribution >= 0.6 is 0 Å². The lowest BCUT2D eigenvalue weighted by Gasteiger charge is -2.10. The molecule has 100 valence electrons. The highest BCUT2D eigenvalue weighted by atomic mass is 16.5. The third-order valence-electron chi connectivity index (χ3n) is 2.56. The van der Waals surface area contributed by atoms with Gasteiger partial charge in [0.15, 0.2) is 11.5 Å². The maximum atomic E-state index is 11.2. The number of methoxy groups -OCH3 is 2. The van der Waals surface area contributed by atoms with E-state index in [9.17, 15) is 4.79 Å². The quantitative estimate of drug-likeness (QED) is 0.749. The molecule has 0 bridgehead atoms. The molecular weight excluding hydrogens is 232 g/mol. The van der Waals surface area contributed by atoms with Gasteiger partial charge in [0.1, 0.15) is 0 Å². The number of nitrogens with one attached hydrogen (secondary N) is 1. The highest BCUT2D eigenvalue weighted by Gasteiger charge is 2.05. The lowest BCUT2D eigenvalue weighted by atomic mass is 10.1. The van der Waals surface area contributed by atoms with Crippen LogP contribution in [-0.2, 0) is 11.2 Å². The molecule has 0 saturated carbocycles. The molecule has 0 aliphatic heterocycles. The lowest BCUT2D eigenvalue weighted by molar-refractivity contribution is -0.120. The molecule has 3 N–H and O–H groups in total. The van der Waals surface area contributed by atoms with Crippen LogP contribution in [-0.4, -0.2) is 33.2 Å². The SMILES string of the molecule is COc1ccc(CCNC(=O)CCN)cc1OC. The summed E-state index contributed by atoms with van der Waals surface area (Å²) in [4.78, 5) is 11.2. The van der Waals surface area contributed by atoms with Gasteiger partial charge in [-0.2, -0.15) is 0 Å². The summed E-state index contributed by atoms with van der Waals surface area (Å²) in [5, 5.41) is 2.81. The standard InChI is InChI=1S/C13H20N2O3/c1-17-11-4-3-10(9-12(11)18-2)6-8-15-13(16)5-7-14/h3-4,9H,5-8,14H2,1-2H3,(H,15,16). The van der Waals surface area contributed by atoms with Gasteiger partial charge in [-0.05, 0) is 24.1 Å². The third kappa shape index (κ3) is 4.25. The minimum Gasteiger partial charge on any atom is -0.493 e. The normalized spacial score (nSPS) is 9.94. The van der Waals surface area contributed by atoms with Crippen LogP contribution in [0.1, 0.15) is 12.0 Å². The van der Waals surface area contributed by atoms with Crippen LogP contribution in [0.3, 0.4) is 0 Å². The van der Waals surface area contributed by atoms with Gasteiger partial charge in [-0.1, -0.05) is 6.07 Å². The second-order valence-electron chi connectivity index (χ2n) is 3.83. The highest BCUT2D eigenvalue weighted by molar-refractivity contribution is 5.76. The molecule has 0 unspecified atom stereocenters. The molecule has 1 amide bonds. The Bertz CT molecular complexity index is 394. The molecule has 5 heteroatoms. The number of hydrogen-bond donors (Lipinski definition) is 2. The molecule has 1 aromatic rings. The second-order valence-corrected chi connectivity index (χ2v) is 3.83. The van der Waals surface area contributed by atoms with Crippen molar-refractivity contribution in [1.82, 2.24) is 5.32 Å². The summed E-state index contributed by atoms with van der Waals surface area (Å²) in [6.45, 7) is 0.969. The molecule has 1 rings (SSSR count). The van der Waals surface area contributed by atoms with Crippen molar-refractivity contribution < 1.29 is 14.3 Å². The van der Waals surface area contributed by atoms with Gasteiger partial charge < -0.3 is 20.5 Å². The molecular formula is C13H20N2O3. The Balaban J connectivity index is 2.50. The minimum atomic E-state index is -0.0158. The molecule has 0 radical (unpaired) electrons. The summed E-state index contributed by atoms with van der Waals surface area (Å²) in [6, 6.07) is 5.72. The van der Waals surface area contributed by atoms with Crippen LogP contribution in [0.4, 0.5) is 0 Å². The van der Waals surface area contributed by atoms with E-state index in [1.807, 2.05) is 18.2 Å². The van der Waals surface area contributed by atoms with Crippen LogP contribution in [0.15, 0.2) is 18.2 Å². The van der Waals surface area contributed by atoms with Gasteiger partial charge in [0.2, 0.25) is 5.91 Å². The fourth-order valence-corrected chi connectivity index (χ4v) is 1.60. The first kappa shape index (κ1) is 14.3. The predicted molar refractivity (Wildman–Crippen MR) is 69.9 cm³/mol. The van der Waals surface area contributed by atoms with E-state index in [4.69, 9.17) is 15.2 Å². The summed E-state index contributed by atoms with van der Waals surface area (Å²) < 4.78 is 10.4. The van der Waals surface area contributed by atoms with E-state index >= 15 is 0 Å². The number of nitrogens with two attached hydrogens (primary N) is 1. The zero-order chi connectivity index (χ0) is 13.4. The molecule has 0 aromatic heterocycles. The molecule has 0 atom stereocenters. The zero-order valence-corrected chi connectivity index (χ0v) is 10.9. The van der Waals surface area contributed by atoms with E-state index < -0.39 is 0 Å². The number of ether oxygens (including phenoxy) is 2. The predicted octanol–water partition coefficient (Wildman–Crippen LogP) is 0.711. The molecule has 0 aliphatic rings. The Morgan fingerprint density at radius 3 is 2.61 bits per heavy atom. The fraction of sp³-hybridized carbons (Fsp3) is 0.462. The molecule has 0 heterocycles. The van der Waals surface area contributed by atoms with E-state index in [-0.39, 0.29) is 5.91 Å². The van der Waals surface area contributed by atoms with Crippen LogP contribution in [0.2, 0.25) is 0 Å². The maximum absolute atomic E-state index is 11.2. The van der Waals surface area contributed by atoms with Gasteiger partial charge in [0, 0.05) is 19.5 Å². The maximum Gasteiger partial charge on any atom is 0.221 e. The summed E-state index contributed by atoms with van der Waals surface area (Å²) in [7, 11) is 3.20. The third-order valence-corrected chi connectivity index (χ3v) is 2.56. The Labute approximate surface area is 107 Å². The van der Waals surface area contributed by atoms with Crippen LogP contribution in [0, 0.1) is 0 Å². The van der Waals surface area contributed by atoms with Crippen molar-refractivity contribution in [2.45, 2.75) is 12.8 Å². The first-order valence-electron chi connectivity index (χ1n) is 5.89. The Morgan fingerprint density at radius 1 is 1.28 bits per heavy atom. The number of hydrogen-bond acceptors (Lipinski definition) is 4. The second kappa shape index (κ2) is 7.55. The fourth-order valence-electron chi connectivity index (χ4n) is 1.60. The first-order valence-corrected chi connectivity index (χ1v) is 5.89. The molecule has 1 aromatic carbocycles. The van der Waals surface area contributed by atoms with E-state index in [1.165, 1.54) is 0 Å². The number of benzene rings is 1.